The molecular formula is C15H16ClNOS. The summed E-state index contributed by atoms with van der Waals surface area (Å²) in [5.41, 5.74) is 2.67. The SMILES string of the molecule is CNc1cccc(C2CC2)c1SCc1ccc(Cl)o1. The van der Waals surface area contributed by atoms with Gasteiger partial charge in [0.25, 0.3) is 0 Å². The zero-order valence-corrected chi connectivity index (χ0v) is 12.4. The molecule has 0 spiro atoms. The minimum Gasteiger partial charge on any atom is -0.449 e. The Morgan fingerprint density at radius 1 is 1.32 bits per heavy atom. The summed E-state index contributed by atoms with van der Waals surface area (Å²) in [6, 6.07) is 10.2. The van der Waals surface area contributed by atoms with Gasteiger partial charge in [-0.25, -0.2) is 0 Å². The fraction of sp³-hybridized carbons (Fsp3) is 0.333. The van der Waals surface area contributed by atoms with E-state index in [9.17, 15) is 0 Å². The molecule has 2 aromatic rings. The van der Waals surface area contributed by atoms with Crippen molar-refractivity contribution in [2.45, 2.75) is 29.4 Å². The Balaban J connectivity index is 1.82. The summed E-state index contributed by atoms with van der Waals surface area (Å²) in [6.45, 7) is 0. The summed E-state index contributed by atoms with van der Waals surface area (Å²) in [5, 5.41) is 3.74. The summed E-state index contributed by atoms with van der Waals surface area (Å²) >= 11 is 7.62. The molecule has 0 bridgehead atoms. The fourth-order valence-corrected chi connectivity index (χ4v) is 3.53. The van der Waals surface area contributed by atoms with Crippen LogP contribution in [0.2, 0.25) is 5.22 Å². The molecule has 0 radical (unpaired) electrons. The van der Waals surface area contributed by atoms with E-state index in [2.05, 4.69) is 23.5 Å². The molecule has 4 heteroatoms. The van der Waals surface area contributed by atoms with Crippen LogP contribution >= 0.6 is 23.4 Å². The molecule has 3 rings (SSSR count). The van der Waals surface area contributed by atoms with Crippen molar-refractivity contribution in [3.8, 4) is 0 Å². The predicted molar refractivity (Wildman–Crippen MR) is 81.2 cm³/mol. The number of thioether (sulfide) groups is 1. The van der Waals surface area contributed by atoms with Crippen molar-refractivity contribution in [2.75, 3.05) is 12.4 Å². The minimum absolute atomic E-state index is 0.458. The highest BCUT2D eigenvalue weighted by Crippen LogP contribution is 2.47. The second kappa shape index (κ2) is 5.51. The van der Waals surface area contributed by atoms with E-state index in [1.807, 2.05) is 24.9 Å². The van der Waals surface area contributed by atoms with E-state index < -0.39 is 0 Å². The monoisotopic (exact) mass is 293 g/mol. The summed E-state index contributed by atoms with van der Waals surface area (Å²) < 4.78 is 5.42. The van der Waals surface area contributed by atoms with Crippen LogP contribution in [0.25, 0.3) is 0 Å². The van der Waals surface area contributed by atoms with E-state index in [-0.39, 0.29) is 0 Å². The standard InChI is InChI=1S/C15H16ClNOS/c1-17-13-4-2-3-12(10-5-6-10)15(13)19-9-11-7-8-14(16)18-11/h2-4,7-8,10,17H,5-6,9H2,1H3. The van der Waals surface area contributed by atoms with Gasteiger partial charge in [-0.3, -0.25) is 0 Å². The summed E-state index contributed by atoms with van der Waals surface area (Å²) in [7, 11) is 1.97. The van der Waals surface area contributed by atoms with Gasteiger partial charge in [-0.15, -0.1) is 11.8 Å². The zero-order valence-electron chi connectivity index (χ0n) is 10.8. The molecule has 1 aliphatic rings. The summed E-state index contributed by atoms with van der Waals surface area (Å²) in [6.07, 6.45) is 2.63. The lowest BCUT2D eigenvalue weighted by Gasteiger charge is -2.13. The minimum atomic E-state index is 0.458. The first-order valence-corrected chi connectivity index (χ1v) is 7.82. The van der Waals surface area contributed by atoms with Gasteiger partial charge in [0, 0.05) is 17.6 Å². The second-order valence-electron chi connectivity index (χ2n) is 4.74. The van der Waals surface area contributed by atoms with Crippen LogP contribution < -0.4 is 5.32 Å². The van der Waals surface area contributed by atoms with Crippen molar-refractivity contribution in [3.05, 3.63) is 46.9 Å². The van der Waals surface area contributed by atoms with Crippen LogP contribution in [0.1, 0.15) is 30.1 Å². The van der Waals surface area contributed by atoms with Crippen LogP contribution in [0.4, 0.5) is 5.69 Å². The Bertz CT molecular complexity index is 577. The molecule has 1 N–H and O–H groups in total. The lowest BCUT2D eigenvalue weighted by atomic mass is 10.1. The van der Waals surface area contributed by atoms with Gasteiger partial charge in [-0.05, 0) is 54.1 Å². The van der Waals surface area contributed by atoms with Gasteiger partial charge in [0.05, 0.1) is 5.75 Å². The van der Waals surface area contributed by atoms with Crippen LogP contribution in [0.3, 0.4) is 0 Å². The Labute approximate surface area is 122 Å². The number of hydrogen-bond donors (Lipinski definition) is 1. The van der Waals surface area contributed by atoms with Crippen molar-refractivity contribution in [1.82, 2.24) is 0 Å². The highest BCUT2D eigenvalue weighted by molar-refractivity contribution is 7.98. The lowest BCUT2D eigenvalue weighted by molar-refractivity contribution is 0.532. The van der Waals surface area contributed by atoms with Gasteiger partial charge in [0.15, 0.2) is 5.22 Å². The number of benzene rings is 1. The van der Waals surface area contributed by atoms with E-state index in [0.29, 0.717) is 5.22 Å². The van der Waals surface area contributed by atoms with E-state index >= 15 is 0 Å². The summed E-state index contributed by atoms with van der Waals surface area (Å²) in [5.74, 6) is 2.48. The molecule has 0 aliphatic heterocycles. The second-order valence-corrected chi connectivity index (χ2v) is 6.10. The average Bonchev–Trinajstić information content (AvgIpc) is 3.19. The number of hydrogen-bond acceptors (Lipinski definition) is 3. The number of anilines is 1. The molecule has 0 unspecified atom stereocenters. The van der Waals surface area contributed by atoms with Crippen LogP contribution in [0.5, 0.6) is 0 Å². The first-order chi connectivity index (χ1) is 9.28. The molecule has 1 aromatic heterocycles. The predicted octanol–water partition coefficient (Wildman–Crippen LogP) is 5.14. The highest BCUT2D eigenvalue weighted by Gasteiger charge is 2.27. The topological polar surface area (TPSA) is 25.2 Å². The Morgan fingerprint density at radius 3 is 2.79 bits per heavy atom. The van der Waals surface area contributed by atoms with Crippen molar-refractivity contribution in [2.24, 2.45) is 0 Å². The number of rotatable bonds is 5. The third kappa shape index (κ3) is 2.93. The number of furan rings is 1. The van der Waals surface area contributed by atoms with E-state index in [1.165, 1.54) is 29.0 Å². The molecule has 100 valence electrons. The largest absolute Gasteiger partial charge is 0.449 e. The van der Waals surface area contributed by atoms with Gasteiger partial charge < -0.3 is 9.73 Å². The molecule has 0 amide bonds. The molecule has 0 saturated heterocycles. The maximum Gasteiger partial charge on any atom is 0.193 e. The molecule has 1 fully saturated rings. The molecule has 1 aromatic carbocycles. The normalized spacial score (nSPS) is 14.6. The van der Waals surface area contributed by atoms with Gasteiger partial charge in [0.1, 0.15) is 5.76 Å². The van der Waals surface area contributed by atoms with Crippen LogP contribution in [-0.4, -0.2) is 7.05 Å². The van der Waals surface area contributed by atoms with Gasteiger partial charge >= 0.3 is 0 Å². The first kappa shape index (κ1) is 12.9. The summed E-state index contributed by atoms with van der Waals surface area (Å²) in [4.78, 5) is 1.35. The fourth-order valence-electron chi connectivity index (χ4n) is 2.20. The van der Waals surface area contributed by atoms with Crippen molar-refractivity contribution in [3.63, 3.8) is 0 Å². The van der Waals surface area contributed by atoms with Gasteiger partial charge in [0.2, 0.25) is 0 Å². The Hall–Kier alpha value is -1.06. The van der Waals surface area contributed by atoms with E-state index in [1.54, 1.807) is 6.07 Å². The molecule has 0 atom stereocenters. The van der Waals surface area contributed by atoms with Gasteiger partial charge in [-0.2, -0.15) is 0 Å². The van der Waals surface area contributed by atoms with E-state index in [4.69, 9.17) is 16.0 Å². The lowest BCUT2D eigenvalue weighted by Crippen LogP contribution is -1.95. The van der Waals surface area contributed by atoms with Crippen molar-refractivity contribution < 1.29 is 4.42 Å². The molecule has 2 nitrogen and oxygen atoms in total. The quantitative estimate of drug-likeness (QED) is 0.772. The molecule has 19 heavy (non-hydrogen) atoms. The van der Waals surface area contributed by atoms with Crippen molar-refractivity contribution >= 4 is 29.1 Å². The maximum atomic E-state index is 5.80. The maximum absolute atomic E-state index is 5.80. The molecule has 1 saturated carbocycles. The average molecular weight is 294 g/mol. The number of nitrogens with one attached hydrogen (secondary N) is 1. The van der Waals surface area contributed by atoms with Gasteiger partial charge in [-0.1, -0.05) is 12.1 Å². The van der Waals surface area contributed by atoms with Crippen LogP contribution in [-0.2, 0) is 5.75 Å². The molecular weight excluding hydrogens is 278 g/mol. The van der Waals surface area contributed by atoms with Crippen LogP contribution in [0.15, 0.2) is 39.6 Å². The van der Waals surface area contributed by atoms with Crippen LogP contribution in [0, 0.1) is 0 Å². The Morgan fingerprint density at radius 2 is 2.16 bits per heavy atom. The first-order valence-electron chi connectivity index (χ1n) is 6.45. The van der Waals surface area contributed by atoms with E-state index in [0.717, 1.165) is 17.4 Å². The number of halogens is 1. The highest BCUT2D eigenvalue weighted by atomic mass is 35.5. The zero-order chi connectivity index (χ0) is 13.2. The molecule has 1 aliphatic carbocycles. The molecule has 1 heterocycles. The van der Waals surface area contributed by atoms with Crippen molar-refractivity contribution in [1.29, 1.82) is 0 Å². The third-order valence-corrected chi connectivity index (χ3v) is 4.70. The third-order valence-electron chi connectivity index (χ3n) is 3.32. The Kier molecular flexibility index (Phi) is 3.76. The smallest absolute Gasteiger partial charge is 0.193 e.